The van der Waals surface area contributed by atoms with E-state index in [1.807, 2.05) is 46.2 Å². The van der Waals surface area contributed by atoms with E-state index >= 15 is 0 Å². The van der Waals surface area contributed by atoms with Crippen molar-refractivity contribution in [2.24, 2.45) is 23.2 Å². The second-order valence-electron chi connectivity index (χ2n) is 14.1. The molecule has 1 aromatic rings. The molecule has 4 atom stereocenters. The number of nitrogens with zero attached hydrogens (tertiary/aromatic N) is 5. The maximum atomic E-state index is 13.7. The summed E-state index contributed by atoms with van der Waals surface area (Å²) < 4.78 is 7.46. The molecular formula is C31H56IN6O4P. The number of hydrogen-bond donors (Lipinski definition) is 1. The van der Waals surface area contributed by atoms with Crippen LogP contribution >= 0.6 is 28.4 Å². The molecule has 1 saturated carbocycles. The average Bonchev–Trinajstić information content (AvgIpc) is 3.31. The SMILES string of the molecule is CCN(C)C(=O)C1CC(c2nn(PI)cc2CN(C)CCN(C)C(=O)OC(C)(C)C)CC(C(=O)NCCC(C)C)C1(C)C. The van der Waals surface area contributed by atoms with Crippen molar-refractivity contribution < 1.29 is 19.1 Å². The van der Waals surface area contributed by atoms with Gasteiger partial charge in [-0.25, -0.2) is 9.25 Å². The molecule has 0 radical (unpaired) electrons. The van der Waals surface area contributed by atoms with E-state index in [1.54, 1.807) is 16.8 Å². The predicted octanol–water partition coefficient (Wildman–Crippen LogP) is 5.75. The summed E-state index contributed by atoms with van der Waals surface area (Å²) in [7, 11) is 5.64. The fraction of sp³-hybridized carbons (Fsp3) is 0.806. The first-order valence-electron chi connectivity index (χ1n) is 15.5. The fourth-order valence-electron chi connectivity index (χ4n) is 5.69. The normalized spacial score (nSPS) is 20.6. The van der Waals surface area contributed by atoms with Gasteiger partial charge in [-0.3, -0.25) is 9.59 Å². The van der Waals surface area contributed by atoms with E-state index in [1.165, 1.54) is 0 Å². The van der Waals surface area contributed by atoms with Crippen LogP contribution in [-0.4, -0.2) is 95.1 Å². The second-order valence-corrected chi connectivity index (χ2v) is 16.2. The number of ether oxygens (including phenoxy) is 1. The first-order chi connectivity index (χ1) is 19.9. The Labute approximate surface area is 274 Å². The summed E-state index contributed by atoms with van der Waals surface area (Å²) in [6.45, 7) is 19.2. The number of amides is 3. The lowest BCUT2D eigenvalue weighted by Gasteiger charge is -2.47. The Morgan fingerprint density at radius 2 is 1.77 bits per heavy atom. The highest BCUT2D eigenvalue weighted by atomic mass is 127. The van der Waals surface area contributed by atoms with E-state index in [2.05, 4.69) is 66.1 Å². The van der Waals surface area contributed by atoms with E-state index < -0.39 is 11.0 Å². The Bertz CT molecular complexity index is 1090. The van der Waals surface area contributed by atoms with Gasteiger partial charge in [0, 0.05) is 76.3 Å². The summed E-state index contributed by atoms with van der Waals surface area (Å²) in [6, 6.07) is 0. The zero-order valence-electron chi connectivity index (χ0n) is 28.3. The van der Waals surface area contributed by atoms with E-state index in [-0.39, 0.29) is 35.7 Å². The topological polar surface area (TPSA) is 100 Å². The minimum atomic E-state index is -0.538. The van der Waals surface area contributed by atoms with Crippen LogP contribution in [0.3, 0.4) is 0 Å². The van der Waals surface area contributed by atoms with Crippen LogP contribution in [0.25, 0.3) is 0 Å². The molecule has 1 aromatic heterocycles. The summed E-state index contributed by atoms with van der Waals surface area (Å²) in [5.41, 5.74) is 1.05. The highest BCUT2D eigenvalue weighted by Gasteiger charge is 2.51. The van der Waals surface area contributed by atoms with Crippen LogP contribution in [0.1, 0.15) is 91.8 Å². The fourth-order valence-corrected chi connectivity index (χ4v) is 6.78. The van der Waals surface area contributed by atoms with Crippen LogP contribution in [0.15, 0.2) is 6.20 Å². The molecule has 12 heteroatoms. The summed E-state index contributed by atoms with van der Waals surface area (Å²) in [5.74, 6) is 0.00849. The largest absolute Gasteiger partial charge is 0.444 e. The van der Waals surface area contributed by atoms with Crippen LogP contribution in [0.2, 0.25) is 0 Å². The molecule has 0 aromatic carbocycles. The van der Waals surface area contributed by atoms with E-state index in [0.717, 1.165) is 17.7 Å². The number of likely N-dealkylation sites (N-methyl/N-ethyl adjacent to an activating group) is 2. The summed E-state index contributed by atoms with van der Waals surface area (Å²) in [6.07, 6.45) is 4.43. The second kappa shape index (κ2) is 16.2. The van der Waals surface area contributed by atoms with Gasteiger partial charge in [0.2, 0.25) is 11.8 Å². The van der Waals surface area contributed by atoms with Crippen LogP contribution in [0, 0.1) is 23.2 Å². The molecule has 1 N–H and O–H groups in total. The minimum Gasteiger partial charge on any atom is -0.444 e. The van der Waals surface area contributed by atoms with Gasteiger partial charge in [0.1, 0.15) is 5.60 Å². The molecule has 2 rings (SSSR count). The van der Waals surface area contributed by atoms with Crippen molar-refractivity contribution >= 4 is 46.3 Å². The number of nitrogens with one attached hydrogen (secondary N) is 1. The highest BCUT2D eigenvalue weighted by molar-refractivity contribution is 14.2. The van der Waals surface area contributed by atoms with Crippen LogP contribution in [0.4, 0.5) is 4.79 Å². The van der Waals surface area contributed by atoms with Crippen molar-refractivity contribution in [1.82, 2.24) is 29.6 Å². The molecule has 1 aliphatic rings. The summed E-state index contributed by atoms with van der Waals surface area (Å²) in [4.78, 5) is 45.4. The highest BCUT2D eigenvalue weighted by Crippen LogP contribution is 2.51. The van der Waals surface area contributed by atoms with Gasteiger partial charge >= 0.3 is 6.09 Å². The maximum absolute atomic E-state index is 13.7. The number of carbonyl (C=O) groups is 3. The zero-order valence-corrected chi connectivity index (χ0v) is 31.4. The van der Waals surface area contributed by atoms with Crippen molar-refractivity contribution in [2.45, 2.75) is 92.7 Å². The molecule has 3 amide bonds. The van der Waals surface area contributed by atoms with Crippen LogP contribution in [0.5, 0.6) is 0 Å². The third kappa shape index (κ3) is 10.8. The van der Waals surface area contributed by atoms with Gasteiger partial charge in [-0.05, 0) is 87.4 Å². The van der Waals surface area contributed by atoms with Crippen molar-refractivity contribution in [2.75, 3.05) is 47.3 Å². The Balaban J connectivity index is 2.32. The molecule has 0 spiro atoms. The number of rotatable bonds is 13. The van der Waals surface area contributed by atoms with Gasteiger partial charge in [0.25, 0.3) is 0 Å². The third-order valence-electron chi connectivity index (χ3n) is 8.58. The maximum Gasteiger partial charge on any atom is 0.410 e. The molecular weight excluding hydrogens is 678 g/mol. The quantitative estimate of drug-likeness (QED) is 0.205. The number of hydrogen-bond acceptors (Lipinski definition) is 6. The number of aromatic nitrogens is 2. The molecule has 1 aliphatic carbocycles. The van der Waals surface area contributed by atoms with Crippen molar-refractivity contribution in [1.29, 1.82) is 0 Å². The molecule has 0 bridgehead atoms. The van der Waals surface area contributed by atoms with Crippen molar-refractivity contribution in [3.63, 3.8) is 0 Å². The molecule has 10 nitrogen and oxygen atoms in total. The Morgan fingerprint density at radius 1 is 1.14 bits per heavy atom. The van der Waals surface area contributed by atoms with Gasteiger partial charge in [0.05, 0.1) is 12.1 Å². The van der Waals surface area contributed by atoms with Gasteiger partial charge in [-0.15, -0.1) is 0 Å². The molecule has 1 fully saturated rings. The van der Waals surface area contributed by atoms with Crippen LogP contribution in [-0.2, 0) is 20.9 Å². The lowest BCUT2D eigenvalue weighted by atomic mass is 9.58. The zero-order chi connectivity index (χ0) is 32.7. The molecule has 43 heavy (non-hydrogen) atoms. The summed E-state index contributed by atoms with van der Waals surface area (Å²) >= 11 is 2.33. The summed E-state index contributed by atoms with van der Waals surface area (Å²) in [5, 5.41) is 8.20. The number of halogens is 1. The lowest BCUT2D eigenvalue weighted by Crippen LogP contribution is -2.52. The van der Waals surface area contributed by atoms with Gasteiger partial charge in [-0.1, -0.05) is 27.7 Å². The lowest BCUT2D eigenvalue weighted by molar-refractivity contribution is -0.146. The van der Waals surface area contributed by atoms with Gasteiger partial charge in [0.15, 0.2) is 0 Å². The van der Waals surface area contributed by atoms with Crippen molar-refractivity contribution in [3.05, 3.63) is 17.5 Å². The smallest absolute Gasteiger partial charge is 0.410 e. The van der Waals surface area contributed by atoms with Gasteiger partial charge < -0.3 is 24.8 Å². The minimum absolute atomic E-state index is 0.0186. The van der Waals surface area contributed by atoms with E-state index in [4.69, 9.17) is 9.84 Å². The first kappa shape index (κ1) is 37.7. The Morgan fingerprint density at radius 3 is 2.33 bits per heavy atom. The monoisotopic (exact) mass is 734 g/mol. The van der Waals surface area contributed by atoms with Crippen LogP contribution < -0.4 is 5.32 Å². The molecule has 4 unspecified atom stereocenters. The Hall–Kier alpha value is -1.46. The number of carbonyl (C=O) groups excluding carboxylic acids is 3. The van der Waals surface area contributed by atoms with Gasteiger partial charge in [-0.2, -0.15) is 5.10 Å². The average molecular weight is 735 g/mol. The Kier molecular flexibility index (Phi) is 14.2. The molecule has 0 aliphatic heterocycles. The standard InChI is InChI=1S/C31H56IN6O4P/c1-12-36(10)28(40)25-18-22(17-24(31(25,7)8)27(39)33-14-13-21(2)3)26-23(20-38(34-26)43-32)19-35(9)15-16-37(11)29(41)42-30(4,5)6/h20-22,24-25,43H,12-19H2,1-11H3,(H,33,39). The first-order valence-corrected chi connectivity index (χ1v) is 19.6. The van der Waals surface area contributed by atoms with E-state index in [0.29, 0.717) is 57.9 Å². The predicted molar refractivity (Wildman–Crippen MR) is 184 cm³/mol. The van der Waals surface area contributed by atoms with Crippen molar-refractivity contribution in [3.8, 4) is 0 Å². The molecule has 1 heterocycles. The third-order valence-corrected chi connectivity index (χ3v) is 10.5. The van der Waals surface area contributed by atoms with E-state index in [9.17, 15) is 14.4 Å². The molecule has 0 saturated heterocycles. The molecule has 246 valence electrons.